The molecule has 0 radical (unpaired) electrons. The van der Waals surface area contributed by atoms with Gasteiger partial charge in [0.15, 0.2) is 11.3 Å². The summed E-state index contributed by atoms with van der Waals surface area (Å²) in [6, 6.07) is 4.63. The molecule has 0 spiro atoms. The Hall–Kier alpha value is -2.42. The summed E-state index contributed by atoms with van der Waals surface area (Å²) in [7, 11) is 0. The van der Waals surface area contributed by atoms with Crippen molar-refractivity contribution in [3.05, 3.63) is 40.5 Å². The zero-order valence-corrected chi connectivity index (χ0v) is 18.8. The predicted molar refractivity (Wildman–Crippen MR) is 117 cm³/mol. The quantitative estimate of drug-likeness (QED) is 0.537. The van der Waals surface area contributed by atoms with Crippen molar-refractivity contribution in [2.45, 2.75) is 58.2 Å². The van der Waals surface area contributed by atoms with E-state index in [1.165, 1.54) is 36.8 Å². The number of carbonyl (C=O) groups is 1. The first-order chi connectivity index (χ1) is 15.2. The molecule has 1 N–H and O–H groups in total. The Morgan fingerprint density at radius 3 is 2.75 bits per heavy atom. The molecule has 0 unspecified atom stereocenters. The lowest BCUT2D eigenvalue weighted by Crippen LogP contribution is -2.40. The molecule has 2 bridgehead atoms. The van der Waals surface area contributed by atoms with Gasteiger partial charge in [-0.15, -0.1) is 11.3 Å². The maximum absolute atomic E-state index is 13.8. The molecule has 0 aliphatic heterocycles. The highest BCUT2D eigenvalue weighted by Gasteiger charge is 2.42. The number of rotatable bonds is 5. The molecule has 3 aromatic rings. The average Bonchev–Trinajstić information content (AvgIpc) is 3.55. The van der Waals surface area contributed by atoms with Crippen LogP contribution in [0.15, 0.2) is 24.4 Å². The van der Waals surface area contributed by atoms with Gasteiger partial charge in [0.05, 0.1) is 16.8 Å². The molecule has 2 saturated carbocycles. The average molecular weight is 463 g/mol. The minimum Gasteiger partial charge on any atom is -0.349 e. The largest absolute Gasteiger partial charge is 0.433 e. The Labute approximate surface area is 188 Å². The van der Waals surface area contributed by atoms with Crippen LogP contribution in [-0.2, 0) is 12.6 Å². The van der Waals surface area contributed by atoms with E-state index >= 15 is 0 Å². The van der Waals surface area contributed by atoms with Gasteiger partial charge in [0.1, 0.15) is 5.56 Å². The van der Waals surface area contributed by atoms with Crippen LogP contribution in [0, 0.1) is 17.8 Å². The number of thiophene rings is 1. The van der Waals surface area contributed by atoms with Gasteiger partial charge in [0, 0.05) is 10.9 Å². The second-order valence-corrected chi connectivity index (χ2v) is 10.2. The van der Waals surface area contributed by atoms with E-state index in [1.54, 1.807) is 6.07 Å². The van der Waals surface area contributed by atoms with Gasteiger partial charge in [-0.1, -0.05) is 13.3 Å². The number of alkyl halides is 3. The molecule has 0 aromatic carbocycles. The van der Waals surface area contributed by atoms with Crippen LogP contribution in [0.5, 0.6) is 0 Å². The Bertz CT molecular complexity index is 1170. The van der Waals surface area contributed by atoms with Gasteiger partial charge in [-0.25, -0.2) is 9.50 Å². The maximum atomic E-state index is 13.8. The number of carbonyl (C=O) groups excluding carboxylic acids is 1. The smallest absolute Gasteiger partial charge is 0.349 e. The molecule has 3 aromatic heterocycles. The molecule has 2 fully saturated rings. The number of aromatic nitrogens is 3. The highest BCUT2D eigenvalue weighted by atomic mass is 32.1. The highest BCUT2D eigenvalue weighted by Crippen LogP contribution is 2.49. The number of halogens is 3. The van der Waals surface area contributed by atoms with Gasteiger partial charge in [-0.3, -0.25) is 4.79 Å². The first kappa shape index (κ1) is 21.4. The van der Waals surface area contributed by atoms with E-state index in [1.807, 2.05) is 19.9 Å². The fourth-order valence-electron chi connectivity index (χ4n) is 5.45. The standard InChI is InChI=1S/C23H25F3N4OS/c1-3-15-6-7-19(32-15)18-10-20(23(24,25)26)30-21(29-18)17(11-27-30)22(31)28-12(2)16-9-13-4-5-14(16)8-13/h6-7,10-14,16H,3-5,8-9H2,1-2H3,(H,28,31)/t12-,13-,14-,16+/m1/s1. The van der Waals surface area contributed by atoms with E-state index in [0.717, 1.165) is 34.2 Å². The van der Waals surface area contributed by atoms with Crippen LogP contribution in [0.25, 0.3) is 16.2 Å². The third kappa shape index (κ3) is 3.70. The van der Waals surface area contributed by atoms with Crippen molar-refractivity contribution in [3.63, 3.8) is 0 Å². The van der Waals surface area contributed by atoms with E-state index in [0.29, 0.717) is 16.7 Å². The zero-order valence-electron chi connectivity index (χ0n) is 17.9. The minimum absolute atomic E-state index is 0.0394. The lowest BCUT2D eigenvalue weighted by molar-refractivity contribution is -0.142. The fourth-order valence-corrected chi connectivity index (χ4v) is 6.36. The van der Waals surface area contributed by atoms with Crippen molar-refractivity contribution < 1.29 is 18.0 Å². The third-order valence-electron chi connectivity index (χ3n) is 7.06. The molecule has 2 aliphatic rings. The summed E-state index contributed by atoms with van der Waals surface area (Å²) in [6.45, 7) is 3.98. The summed E-state index contributed by atoms with van der Waals surface area (Å²) in [5.41, 5.74) is -0.743. The monoisotopic (exact) mass is 462 g/mol. The normalized spacial score (nSPS) is 23.7. The molecule has 2 aliphatic carbocycles. The highest BCUT2D eigenvalue weighted by molar-refractivity contribution is 7.15. The summed E-state index contributed by atoms with van der Waals surface area (Å²) in [4.78, 5) is 19.2. The van der Waals surface area contributed by atoms with Crippen molar-refractivity contribution in [2.24, 2.45) is 17.8 Å². The molecule has 0 saturated heterocycles. The summed E-state index contributed by atoms with van der Waals surface area (Å²) in [5.74, 6) is 1.38. The first-order valence-corrected chi connectivity index (χ1v) is 11.9. The molecular formula is C23H25F3N4OS. The maximum Gasteiger partial charge on any atom is 0.433 e. The molecular weight excluding hydrogens is 437 g/mol. The van der Waals surface area contributed by atoms with Gasteiger partial charge in [-0.05, 0) is 68.6 Å². The molecule has 9 heteroatoms. The van der Waals surface area contributed by atoms with Crippen molar-refractivity contribution in [1.82, 2.24) is 19.9 Å². The zero-order chi connectivity index (χ0) is 22.6. The number of nitrogens with one attached hydrogen (secondary N) is 1. The fraction of sp³-hybridized carbons (Fsp3) is 0.522. The first-order valence-electron chi connectivity index (χ1n) is 11.1. The van der Waals surface area contributed by atoms with E-state index in [9.17, 15) is 18.0 Å². The molecule has 1 amide bonds. The molecule has 3 heterocycles. The van der Waals surface area contributed by atoms with Gasteiger partial charge in [0.2, 0.25) is 0 Å². The molecule has 4 atom stereocenters. The van der Waals surface area contributed by atoms with Crippen LogP contribution >= 0.6 is 11.3 Å². The Kier molecular flexibility index (Phi) is 5.27. The van der Waals surface area contributed by atoms with Crippen LogP contribution in [0.3, 0.4) is 0 Å². The third-order valence-corrected chi connectivity index (χ3v) is 8.32. The van der Waals surface area contributed by atoms with Gasteiger partial charge in [0.25, 0.3) is 5.91 Å². The second-order valence-electron chi connectivity index (χ2n) is 9.04. The summed E-state index contributed by atoms with van der Waals surface area (Å²) in [5, 5.41) is 6.90. The summed E-state index contributed by atoms with van der Waals surface area (Å²) < 4.78 is 42.2. The number of amides is 1. The predicted octanol–water partition coefficient (Wildman–Crippen LogP) is 5.59. The van der Waals surface area contributed by atoms with Crippen LogP contribution in [-0.4, -0.2) is 26.5 Å². The van der Waals surface area contributed by atoms with Crippen LogP contribution in [0.2, 0.25) is 0 Å². The number of fused-ring (bicyclic) bond motifs is 3. The van der Waals surface area contributed by atoms with E-state index in [2.05, 4.69) is 15.4 Å². The topological polar surface area (TPSA) is 59.3 Å². The van der Waals surface area contributed by atoms with Gasteiger partial charge < -0.3 is 5.32 Å². The van der Waals surface area contributed by atoms with Crippen LogP contribution < -0.4 is 5.32 Å². The van der Waals surface area contributed by atoms with Gasteiger partial charge >= 0.3 is 6.18 Å². The number of nitrogens with zero attached hydrogens (tertiary/aromatic N) is 3. The number of hydrogen-bond donors (Lipinski definition) is 1. The molecule has 170 valence electrons. The van der Waals surface area contributed by atoms with E-state index in [4.69, 9.17) is 0 Å². The molecule has 32 heavy (non-hydrogen) atoms. The Balaban J connectivity index is 1.50. The van der Waals surface area contributed by atoms with Crippen molar-refractivity contribution in [3.8, 4) is 10.6 Å². The van der Waals surface area contributed by atoms with Gasteiger partial charge in [-0.2, -0.15) is 18.3 Å². The summed E-state index contributed by atoms with van der Waals surface area (Å²) >= 11 is 1.40. The lowest BCUT2D eigenvalue weighted by Gasteiger charge is -2.28. The van der Waals surface area contributed by atoms with Crippen LogP contribution in [0.4, 0.5) is 13.2 Å². The Morgan fingerprint density at radius 1 is 1.31 bits per heavy atom. The molecule has 5 rings (SSSR count). The van der Waals surface area contributed by atoms with Crippen molar-refractivity contribution in [2.75, 3.05) is 0 Å². The summed E-state index contributed by atoms with van der Waals surface area (Å²) in [6.07, 6.45) is 2.16. The van der Waals surface area contributed by atoms with Crippen LogP contribution in [0.1, 0.15) is 60.5 Å². The van der Waals surface area contributed by atoms with Crippen molar-refractivity contribution >= 4 is 22.9 Å². The Morgan fingerprint density at radius 2 is 2.12 bits per heavy atom. The van der Waals surface area contributed by atoms with E-state index < -0.39 is 17.8 Å². The minimum atomic E-state index is -4.63. The number of aryl methyl sites for hydroxylation is 1. The van der Waals surface area contributed by atoms with E-state index in [-0.39, 0.29) is 22.9 Å². The van der Waals surface area contributed by atoms with Crippen molar-refractivity contribution in [1.29, 1.82) is 0 Å². The molecule has 5 nitrogen and oxygen atoms in total. The second kappa shape index (κ2) is 7.86. The SMILES string of the molecule is CCc1ccc(-c2cc(C(F)(F)F)n3ncc(C(=O)N[C@H](C)[C@@H]4C[C@@H]5CC[C@@H]4C5)c3n2)s1. The lowest BCUT2D eigenvalue weighted by atomic mass is 9.84. The number of hydrogen-bond acceptors (Lipinski definition) is 4.